The number of hydrogen-bond acceptors (Lipinski definition) is 5. The summed E-state index contributed by atoms with van der Waals surface area (Å²) in [7, 11) is 0. The Hall–Kier alpha value is -2.25. The van der Waals surface area contributed by atoms with Crippen molar-refractivity contribution in [2.75, 3.05) is 19.6 Å². The SMILES string of the molecule is O=C(c1ccc2nc[nH]c2c1)N1C[C@H]2CC[C@@H]1CN(Cc1cscn1)C2. The van der Waals surface area contributed by atoms with E-state index in [1.165, 1.54) is 6.42 Å². The highest BCUT2D eigenvalue weighted by Crippen LogP contribution is 2.30. The number of aromatic nitrogens is 3. The van der Waals surface area contributed by atoms with Crippen LogP contribution in [0.3, 0.4) is 0 Å². The highest BCUT2D eigenvalue weighted by Gasteiger charge is 2.37. The van der Waals surface area contributed by atoms with Gasteiger partial charge in [-0.15, -0.1) is 11.3 Å². The predicted molar refractivity (Wildman–Crippen MR) is 101 cm³/mol. The lowest BCUT2D eigenvalue weighted by Crippen LogP contribution is -2.47. The van der Waals surface area contributed by atoms with Gasteiger partial charge in [0.05, 0.1) is 28.6 Å². The number of aromatic amines is 1. The van der Waals surface area contributed by atoms with Crippen molar-refractivity contribution in [1.29, 1.82) is 0 Å². The van der Waals surface area contributed by atoms with Crippen molar-refractivity contribution in [2.24, 2.45) is 5.92 Å². The van der Waals surface area contributed by atoms with Gasteiger partial charge in [-0.1, -0.05) is 0 Å². The predicted octanol–water partition coefficient (Wildman–Crippen LogP) is 2.76. The molecule has 26 heavy (non-hydrogen) atoms. The number of carbonyl (C=O) groups is 1. The minimum Gasteiger partial charge on any atom is -0.345 e. The zero-order valence-corrected chi connectivity index (χ0v) is 15.3. The maximum absolute atomic E-state index is 13.2. The Kier molecular flexibility index (Phi) is 3.98. The van der Waals surface area contributed by atoms with Crippen molar-refractivity contribution < 1.29 is 4.79 Å². The highest BCUT2D eigenvalue weighted by molar-refractivity contribution is 7.07. The van der Waals surface area contributed by atoms with Crippen LogP contribution in [0.15, 0.2) is 35.4 Å². The number of thiazole rings is 1. The van der Waals surface area contributed by atoms with Crippen LogP contribution in [0.4, 0.5) is 0 Å². The van der Waals surface area contributed by atoms with Crippen LogP contribution >= 0.6 is 11.3 Å². The van der Waals surface area contributed by atoms with E-state index in [-0.39, 0.29) is 11.9 Å². The first kappa shape index (κ1) is 16.0. The van der Waals surface area contributed by atoms with Crippen molar-refractivity contribution >= 4 is 28.3 Å². The number of amides is 1. The molecule has 3 aliphatic heterocycles. The van der Waals surface area contributed by atoms with Crippen LogP contribution in [0.2, 0.25) is 0 Å². The average molecular weight is 367 g/mol. The highest BCUT2D eigenvalue weighted by atomic mass is 32.1. The van der Waals surface area contributed by atoms with E-state index in [0.29, 0.717) is 5.92 Å². The molecule has 0 radical (unpaired) electrons. The molecule has 2 bridgehead atoms. The zero-order valence-electron chi connectivity index (χ0n) is 14.5. The standard InChI is InChI=1S/C19H21N5OS/c25-19(14-2-4-17-18(5-14)21-11-20-17)24-7-13-1-3-16(24)9-23(6-13)8-15-10-26-12-22-15/h2,4-5,10-13,16H,1,3,6-9H2,(H,20,21)/t13-,16+/m0/s1. The minimum atomic E-state index is 0.145. The number of piperidine rings is 1. The third-order valence-corrected chi connectivity index (χ3v) is 6.22. The van der Waals surface area contributed by atoms with E-state index in [9.17, 15) is 4.79 Å². The number of rotatable bonds is 3. The van der Waals surface area contributed by atoms with Crippen molar-refractivity contribution in [3.05, 3.63) is 46.7 Å². The van der Waals surface area contributed by atoms with Crippen LogP contribution in [-0.4, -0.2) is 56.3 Å². The number of fused-ring (bicyclic) bond motifs is 5. The fourth-order valence-corrected chi connectivity index (χ4v) is 4.89. The maximum atomic E-state index is 13.2. The summed E-state index contributed by atoms with van der Waals surface area (Å²) in [6, 6.07) is 6.04. The van der Waals surface area contributed by atoms with Crippen molar-refractivity contribution in [2.45, 2.75) is 25.4 Å². The molecule has 0 spiro atoms. The molecule has 1 N–H and O–H groups in total. The number of benzene rings is 1. The molecular formula is C19H21N5OS. The molecule has 0 saturated carbocycles. The summed E-state index contributed by atoms with van der Waals surface area (Å²) in [5.41, 5.74) is 5.59. The molecule has 3 aromatic rings. The monoisotopic (exact) mass is 367 g/mol. The van der Waals surface area contributed by atoms with Gasteiger partial charge in [-0.2, -0.15) is 0 Å². The van der Waals surface area contributed by atoms with Crippen LogP contribution in [0.1, 0.15) is 28.9 Å². The number of H-pyrrole nitrogens is 1. The first-order valence-electron chi connectivity index (χ1n) is 9.10. The lowest BCUT2D eigenvalue weighted by atomic mass is 9.94. The van der Waals surface area contributed by atoms with Gasteiger partial charge in [0, 0.05) is 43.2 Å². The van der Waals surface area contributed by atoms with Gasteiger partial charge in [-0.25, -0.2) is 9.97 Å². The number of carbonyl (C=O) groups excluding carboxylic acids is 1. The first-order chi connectivity index (χ1) is 12.8. The number of hydrogen-bond donors (Lipinski definition) is 1. The molecule has 6 nitrogen and oxygen atoms in total. The van der Waals surface area contributed by atoms with Crippen LogP contribution in [0.5, 0.6) is 0 Å². The van der Waals surface area contributed by atoms with E-state index in [1.54, 1.807) is 17.7 Å². The molecule has 134 valence electrons. The van der Waals surface area contributed by atoms with E-state index >= 15 is 0 Å². The van der Waals surface area contributed by atoms with E-state index < -0.39 is 0 Å². The molecular weight excluding hydrogens is 346 g/mol. The van der Waals surface area contributed by atoms with Crippen LogP contribution in [-0.2, 0) is 6.54 Å². The average Bonchev–Trinajstić information content (AvgIpc) is 3.26. The van der Waals surface area contributed by atoms with Crippen molar-refractivity contribution in [1.82, 2.24) is 24.8 Å². The van der Waals surface area contributed by atoms with Crippen LogP contribution < -0.4 is 0 Å². The third kappa shape index (κ3) is 2.91. The van der Waals surface area contributed by atoms with Gasteiger partial charge in [-0.3, -0.25) is 9.69 Å². The lowest BCUT2D eigenvalue weighted by Gasteiger charge is -2.36. The molecule has 0 aliphatic carbocycles. The largest absolute Gasteiger partial charge is 0.345 e. The second kappa shape index (κ2) is 6.48. The smallest absolute Gasteiger partial charge is 0.254 e. The van der Waals surface area contributed by atoms with E-state index in [4.69, 9.17) is 0 Å². The Morgan fingerprint density at radius 1 is 1.23 bits per heavy atom. The molecule has 5 heterocycles. The normalized spacial score (nSPS) is 23.5. The summed E-state index contributed by atoms with van der Waals surface area (Å²) in [6.45, 7) is 3.74. The fourth-order valence-electron chi connectivity index (χ4n) is 4.34. The minimum absolute atomic E-state index is 0.145. The van der Waals surface area contributed by atoms with E-state index in [2.05, 4.69) is 30.1 Å². The Labute approximate surface area is 155 Å². The Balaban J connectivity index is 1.37. The molecule has 2 atom stereocenters. The van der Waals surface area contributed by atoms with E-state index in [1.807, 2.05) is 23.7 Å². The Morgan fingerprint density at radius 3 is 3.08 bits per heavy atom. The summed E-state index contributed by atoms with van der Waals surface area (Å²) in [6.07, 6.45) is 3.97. The number of imidazole rings is 1. The number of nitrogens with one attached hydrogen (secondary N) is 1. The van der Waals surface area contributed by atoms with Gasteiger partial charge < -0.3 is 9.88 Å². The van der Waals surface area contributed by atoms with Gasteiger partial charge in [0.25, 0.3) is 5.91 Å². The number of nitrogens with zero attached hydrogens (tertiary/aromatic N) is 4. The molecule has 3 saturated heterocycles. The molecule has 3 fully saturated rings. The van der Waals surface area contributed by atoms with Gasteiger partial charge >= 0.3 is 0 Å². The van der Waals surface area contributed by atoms with Crippen LogP contribution in [0, 0.1) is 5.92 Å². The Morgan fingerprint density at radius 2 is 2.19 bits per heavy atom. The lowest BCUT2D eigenvalue weighted by molar-refractivity contribution is 0.0585. The van der Waals surface area contributed by atoms with Gasteiger partial charge in [0.2, 0.25) is 0 Å². The van der Waals surface area contributed by atoms with Gasteiger partial charge in [0.1, 0.15) is 0 Å². The van der Waals surface area contributed by atoms with Gasteiger partial charge in [-0.05, 0) is 37.0 Å². The zero-order chi connectivity index (χ0) is 17.5. The molecule has 7 heteroatoms. The molecule has 0 unspecified atom stereocenters. The quantitative estimate of drug-likeness (QED) is 0.773. The molecule has 1 amide bonds. The van der Waals surface area contributed by atoms with Gasteiger partial charge in [0.15, 0.2) is 0 Å². The topological polar surface area (TPSA) is 65.1 Å². The Bertz CT molecular complexity index is 921. The summed E-state index contributed by atoms with van der Waals surface area (Å²) in [5, 5.41) is 2.12. The van der Waals surface area contributed by atoms with Crippen molar-refractivity contribution in [3.8, 4) is 0 Å². The third-order valence-electron chi connectivity index (χ3n) is 5.59. The molecule has 6 rings (SSSR count). The molecule has 2 aromatic heterocycles. The van der Waals surface area contributed by atoms with Crippen molar-refractivity contribution in [3.63, 3.8) is 0 Å². The molecule has 1 aromatic carbocycles. The second-order valence-corrected chi connectivity index (χ2v) is 8.08. The molecule has 3 aliphatic rings. The summed E-state index contributed by atoms with van der Waals surface area (Å²) >= 11 is 1.64. The summed E-state index contributed by atoms with van der Waals surface area (Å²) < 4.78 is 0. The first-order valence-corrected chi connectivity index (χ1v) is 10.0. The van der Waals surface area contributed by atoms with Crippen LogP contribution in [0.25, 0.3) is 11.0 Å². The summed E-state index contributed by atoms with van der Waals surface area (Å²) in [5.74, 6) is 0.693. The fraction of sp³-hybridized carbons (Fsp3) is 0.421. The summed E-state index contributed by atoms with van der Waals surface area (Å²) in [4.78, 5) is 29.5. The second-order valence-electron chi connectivity index (χ2n) is 7.36. The van der Waals surface area contributed by atoms with E-state index in [0.717, 1.165) is 54.9 Å². The maximum Gasteiger partial charge on any atom is 0.254 e.